The van der Waals surface area contributed by atoms with Crippen LogP contribution < -0.4 is 10.5 Å². The van der Waals surface area contributed by atoms with E-state index in [9.17, 15) is 18.0 Å². The molecule has 1 aromatic heterocycles. The minimum absolute atomic E-state index is 0.120. The van der Waals surface area contributed by atoms with Crippen LogP contribution in [0.25, 0.3) is 0 Å². The van der Waals surface area contributed by atoms with E-state index in [1.165, 1.54) is 0 Å². The lowest BCUT2D eigenvalue weighted by Crippen LogP contribution is -2.30. The van der Waals surface area contributed by atoms with E-state index in [0.717, 1.165) is 12.6 Å². The van der Waals surface area contributed by atoms with E-state index >= 15 is 0 Å². The lowest BCUT2D eigenvalue weighted by Gasteiger charge is -2.21. The zero-order valence-corrected chi connectivity index (χ0v) is 9.21. The summed E-state index contributed by atoms with van der Waals surface area (Å²) in [4.78, 5) is 12.8. The van der Waals surface area contributed by atoms with Gasteiger partial charge in [-0.05, 0) is 12.3 Å². The second-order valence-electron chi connectivity index (χ2n) is 4.30. The van der Waals surface area contributed by atoms with E-state index in [-0.39, 0.29) is 5.69 Å². The molecule has 0 saturated carbocycles. The zero-order valence-electron chi connectivity index (χ0n) is 9.21. The van der Waals surface area contributed by atoms with Crippen molar-refractivity contribution in [3.8, 4) is 0 Å². The quantitative estimate of drug-likeness (QED) is 0.820. The molecule has 1 aromatic rings. The third-order valence-electron chi connectivity index (χ3n) is 2.88. The average molecular weight is 247 g/mol. The molecule has 0 aliphatic carbocycles. The van der Waals surface area contributed by atoms with E-state index in [1.54, 1.807) is 4.90 Å². The highest BCUT2D eigenvalue weighted by molar-refractivity contribution is 5.52. The number of hydrogen-bond acceptors (Lipinski definition) is 3. The first-order chi connectivity index (χ1) is 7.89. The van der Waals surface area contributed by atoms with Crippen molar-refractivity contribution in [2.24, 2.45) is 5.92 Å². The van der Waals surface area contributed by atoms with Gasteiger partial charge < -0.3 is 4.90 Å². The Bertz CT molecular complexity index is 469. The Hall–Kier alpha value is -1.53. The fraction of sp³-hybridized carbons (Fsp3) is 0.600. The number of anilines is 1. The van der Waals surface area contributed by atoms with E-state index in [2.05, 4.69) is 5.10 Å². The summed E-state index contributed by atoms with van der Waals surface area (Å²) in [5.41, 5.74) is -2.46. The molecule has 0 amide bonds. The summed E-state index contributed by atoms with van der Waals surface area (Å²) in [5, 5.41) is 5.28. The van der Waals surface area contributed by atoms with Crippen LogP contribution in [0.3, 0.4) is 0 Å². The monoisotopic (exact) mass is 247 g/mol. The van der Waals surface area contributed by atoms with Crippen molar-refractivity contribution in [3.05, 3.63) is 22.1 Å². The maximum Gasteiger partial charge on any atom is 0.423 e. The molecule has 0 radical (unpaired) electrons. The van der Waals surface area contributed by atoms with Crippen LogP contribution in [-0.4, -0.2) is 23.3 Å². The number of halogens is 3. The van der Waals surface area contributed by atoms with Crippen LogP contribution in [0, 0.1) is 5.92 Å². The number of aromatic amines is 1. The van der Waals surface area contributed by atoms with Crippen LogP contribution in [0.1, 0.15) is 18.9 Å². The zero-order chi connectivity index (χ0) is 12.6. The Labute approximate surface area is 95.4 Å². The molecule has 7 heteroatoms. The summed E-state index contributed by atoms with van der Waals surface area (Å²) >= 11 is 0. The number of rotatable bonds is 1. The Kier molecular flexibility index (Phi) is 2.84. The lowest BCUT2D eigenvalue weighted by molar-refractivity contribution is -0.138. The molecule has 1 aliphatic rings. The van der Waals surface area contributed by atoms with Crippen molar-refractivity contribution >= 4 is 5.69 Å². The van der Waals surface area contributed by atoms with Crippen molar-refractivity contribution in [2.75, 3.05) is 18.0 Å². The van der Waals surface area contributed by atoms with Gasteiger partial charge in [0.1, 0.15) is 5.56 Å². The van der Waals surface area contributed by atoms with E-state index in [0.29, 0.717) is 19.0 Å². The smallest absolute Gasteiger partial charge is 0.369 e. The van der Waals surface area contributed by atoms with Gasteiger partial charge >= 0.3 is 6.18 Å². The molecule has 0 spiro atoms. The number of nitrogens with one attached hydrogen (secondary N) is 1. The van der Waals surface area contributed by atoms with Crippen molar-refractivity contribution in [1.29, 1.82) is 0 Å². The van der Waals surface area contributed by atoms with Crippen molar-refractivity contribution in [1.82, 2.24) is 10.2 Å². The summed E-state index contributed by atoms with van der Waals surface area (Å²) in [6.07, 6.45) is -2.76. The molecule has 1 fully saturated rings. The molecule has 2 rings (SSSR count). The highest BCUT2D eigenvalue weighted by atomic mass is 19.4. The maximum absolute atomic E-state index is 12.8. The number of hydrogen-bond donors (Lipinski definition) is 1. The molecular formula is C10H12F3N3O. The van der Waals surface area contributed by atoms with Gasteiger partial charge in [-0.2, -0.15) is 18.3 Å². The lowest BCUT2D eigenvalue weighted by atomic mass is 10.2. The number of H-pyrrole nitrogens is 1. The van der Waals surface area contributed by atoms with Crippen molar-refractivity contribution in [2.45, 2.75) is 19.5 Å². The van der Waals surface area contributed by atoms with E-state index in [1.807, 2.05) is 12.0 Å². The summed E-state index contributed by atoms with van der Waals surface area (Å²) in [6, 6.07) is 0. The van der Waals surface area contributed by atoms with Crippen molar-refractivity contribution < 1.29 is 13.2 Å². The Morgan fingerprint density at radius 3 is 2.76 bits per heavy atom. The topological polar surface area (TPSA) is 49.0 Å². The van der Waals surface area contributed by atoms with Gasteiger partial charge in [0.25, 0.3) is 5.56 Å². The third-order valence-corrected chi connectivity index (χ3v) is 2.88. The van der Waals surface area contributed by atoms with Crippen LogP contribution in [0.15, 0.2) is 11.0 Å². The Morgan fingerprint density at radius 2 is 2.24 bits per heavy atom. The maximum atomic E-state index is 12.8. The van der Waals surface area contributed by atoms with Gasteiger partial charge in [-0.3, -0.25) is 4.79 Å². The summed E-state index contributed by atoms with van der Waals surface area (Å²) < 4.78 is 38.4. The molecule has 94 valence electrons. The van der Waals surface area contributed by atoms with E-state index < -0.39 is 17.3 Å². The third kappa shape index (κ3) is 2.27. The second kappa shape index (κ2) is 4.05. The minimum atomic E-state index is -4.66. The van der Waals surface area contributed by atoms with Gasteiger partial charge in [-0.1, -0.05) is 6.92 Å². The minimum Gasteiger partial charge on any atom is -0.369 e. The molecule has 1 N–H and O–H groups in total. The molecule has 4 nitrogen and oxygen atoms in total. The van der Waals surface area contributed by atoms with Crippen LogP contribution >= 0.6 is 0 Å². The normalized spacial score (nSPS) is 20.9. The molecule has 17 heavy (non-hydrogen) atoms. The van der Waals surface area contributed by atoms with Gasteiger partial charge in [0.15, 0.2) is 0 Å². The van der Waals surface area contributed by atoms with Gasteiger partial charge in [0.2, 0.25) is 0 Å². The summed E-state index contributed by atoms with van der Waals surface area (Å²) in [5.74, 6) is 0.329. The summed E-state index contributed by atoms with van der Waals surface area (Å²) in [6.45, 7) is 3.01. The van der Waals surface area contributed by atoms with Crippen LogP contribution in [0.5, 0.6) is 0 Å². The first kappa shape index (κ1) is 11.9. The van der Waals surface area contributed by atoms with Gasteiger partial charge in [0, 0.05) is 13.1 Å². The van der Waals surface area contributed by atoms with Gasteiger partial charge in [-0.25, -0.2) is 5.10 Å². The Balaban J connectivity index is 2.47. The number of nitrogens with zero attached hydrogens (tertiary/aromatic N) is 2. The van der Waals surface area contributed by atoms with Crippen LogP contribution in [-0.2, 0) is 6.18 Å². The molecule has 1 aliphatic heterocycles. The molecular weight excluding hydrogens is 235 g/mol. The standard InChI is InChI=1S/C10H12F3N3O/c1-6-2-3-16(5-6)7-4-14-15-9(17)8(7)10(11,12)13/h4,6H,2-3,5H2,1H3,(H,15,17)/t6-/m0/s1. The fourth-order valence-electron chi connectivity index (χ4n) is 2.06. The molecule has 2 heterocycles. The molecule has 1 saturated heterocycles. The van der Waals surface area contributed by atoms with Crippen LogP contribution in [0.2, 0.25) is 0 Å². The first-order valence-corrected chi connectivity index (χ1v) is 5.29. The molecule has 1 atom stereocenters. The molecule has 0 aromatic carbocycles. The first-order valence-electron chi connectivity index (χ1n) is 5.29. The predicted molar refractivity (Wildman–Crippen MR) is 55.9 cm³/mol. The highest BCUT2D eigenvalue weighted by Gasteiger charge is 2.39. The second-order valence-corrected chi connectivity index (χ2v) is 4.30. The molecule has 0 bridgehead atoms. The SMILES string of the molecule is C[C@H]1CCN(c2cn[nH]c(=O)c2C(F)(F)F)C1. The van der Waals surface area contributed by atoms with Gasteiger partial charge in [-0.15, -0.1) is 0 Å². The Morgan fingerprint density at radius 1 is 1.53 bits per heavy atom. The molecule has 0 unspecified atom stereocenters. The summed E-state index contributed by atoms with van der Waals surface area (Å²) in [7, 11) is 0. The number of aromatic nitrogens is 2. The fourth-order valence-corrected chi connectivity index (χ4v) is 2.06. The highest BCUT2D eigenvalue weighted by Crippen LogP contribution is 2.35. The largest absolute Gasteiger partial charge is 0.423 e. The van der Waals surface area contributed by atoms with Crippen LogP contribution in [0.4, 0.5) is 18.9 Å². The van der Waals surface area contributed by atoms with E-state index in [4.69, 9.17) is 0 Å². The average Bonchev–Trinajstić information content (AvgIpc) is 2.62. The predicted octanol–water partition coefficient (Wildman–Crippen LogP) is 1.63. The van der Waals surface area contributed by atoms with Crippen molar-refractivity contribution in [3.63, 3.8) is 0 Å². The number of alkyl halides is 3. The van der Waals surface area contributed by atoms with Gasteiger partial charge in [0.05, 0.1) is 11.9 Å².